The van der Waals surface area contributed by atoms with E-state index in [1.54, 1.807) is 0 Å². The molecule has 0 saturated carbocycles. The lowest BCUT2D eigenvalue weighted by atomic mass is 10.2. The minimum atomic E-state index is -1.01. The third-order valence-corrected chi connectivity index (χ3v) is 3.04. The summed E-state index contributed by atoms with van der Waals surface area (Å²) in [4.78, 5) is 12.7. The van der Waals surface area contributed by atoms with Crippen LogP contribution in [0.3, 0.4) is 0 Å². The first-order chi connectivity index (χ1) is 9.97. The molecule has 5 heteroatoms. The molecule has 0 saturated heterocycles. The Balaban J connectivity index is 2.21. The van der Waals surface area contributed by atoms with Gasteiger partial charge in [0.1, 0.15) is 0 Å². The molecule has 0 spiro atoms. The highest BCUT2D eigenvalue weighted by molar-refractivity contribution is 5.87. The van der Waals surface area contributed by atoms with E-state index >= 15 is 0 Å². The highest BCUT2D eigenvalue weighted by atomic mass is 16.5. The molecule has 0 fully saturated rings. The van der Waals surface area contributed by atoms with Gasteiger partial charge in [0.15, 0.2) is 6.21 Å². The van der Waals surface area contributed by atoms with E-state index in [1.165, 1.54) is 30.5 Å². The maximum Gasteiger partial charge on any atom is 0.335 e. The molecule has 21 heavy (non-hydrogen) atoms. The maximum absolute atomic E-state index is 12.0. The predicted molar refractivity (Wildman–Crippen MR) is 82.6 cm³/mol. The van der Waals surface area contributed by atoms with E-state index < -0.39 is 5.97 Å². The van der Waals surface area contributed by atoms with Gasteiger partial charge < -0.3 is 15.2 Å². The molecule has 0 radical (unpaired) electrons. The second kappa shape index (κ2) is 6.09. The molecule has 0 bridgehead atoms. The summed E-state index contributed by atoms with van der Waals surface area (Å²) in [6, 6.07) is 13.3. The van der Waals surface area contributed by atoms with Crippen LogP contribution in [0.5, 0.6) is 0 Å². The molecule has 0 aromatic heterocycles. The van der Waals surface area contributed by atoms with Gasteiger partial charge in [0.05, 0.1) is 5.56 Å². The van der Waals surface area contributed by atoms with Crippen molar-refractivity contribution < 1.29 is 14.6 Å². The van der Waals surface area contributed by atoms with E-state index in [2.05, 4.69) is 0 Å². The maximum atomic E-state index is 12.0. The lowest BCUT2D eigenvalue weighted by molar-refractivity contribution is -0.354. The summed E-state index contributed by atoms with van der Waals surface area (Å²) in [5.74, 6) is -1.01. The van der Waals surface area contributed by atoms with Gasteiger partial charge in [-0.25, -0.2) is 4.79 Å². The van der Waals surface area contributed by atoms with Gasteiger partial charge in [0.25, 0.3) is 0 Å². The Kier molecular flexibility index (Phi) is 4.23. The van der Waals surface area contributed by atoms with Crippen molar-refractivity contribution in [2.45, 2.75) is 0 Å². The minimum absolute atomic E-state index is 0.155. The van der Waals surface area contributed by atoms with Gasteiger partial charge in [-0.05, 0) is 36.4 Å². The van der Waals surface area contributed by atoms with E-state index in [9.17, 15) is 10.0 Å². The lowest BCUT2D eigenvalue weighted by Gasteiger charge is -2.11. The molecule has 0 unspecified atom stereocenters. The monoisotopic (exact) mass is 284 g/mol. The van der Waals surface area contributed by atoms with Gasteiger partial charge in [-0.3, -0.25) is 0 Å². The predicted octanol–water partition coefficient (Wildman–Crippen LogP) is 2.71. The number of hydrogen-bond acceptors (Lipinski definition) is 3. The molecular weight excluding hydrogens is 268 g/mol. The Bertz CT molecular complexity index is 659. The van der Waals surface area contributed by atoms with Crippen molar-refractivity contribution in [2.75, 3.05) is 19.0 Å². The number of carboxylic acids is 1. The average Bonchev–Trinajstić information content (AvgIpc) is 2.47. The fraction of sp³-hybridized carbons (Fsp3) is 0.125. The lowest BCUT2D eigenvalue weighted by Crippen LogP contribution is -2.08. The third-order valence-electron chi connectivity index (χ3n) is 3.04. The molecule has 5 nitrogen and oxygen atoms in total. The van der Waals surface area contributed by atoms with E-state index in [0.29, 0.717) is 5.69 Å². The molecule has 0 aliphatic carbocycles. The van der Waals surface area contributed by atoms with Crippen LogP contribution in [0.15, 0.2) is 48.5 Å². The Labute approximate surface area is 123 Å². The van der Waals surface area contributed by atoms with Crippen LogP contribution >= 0.6 is 0 Å². The molecule has 108 valence electrons. The van der Waals surface area contributed by atoms with Crippen LogP contribution < -0.4 is 4.90 Å². The third kappa shape index (κ3) is 3.60. The minimum Gasteiger partial charge on any atom is -0.618 e. The van der Waals surface area contributed by atoms with Gasteiger partial charge >= 0.3 is 5.97 Å². The first-order valence-corrected chi connectivity index (χ1v) is 6.39. The summed E-state index contributed by atoms with van der Waals surface area (Å²) < 4.78 is 0.719. The number of benzene rings is 2. The highest BCUT2D eigenvalue weighted by Gasteiger charge is 2.06. The Morgan fingerprint density at radius 1 is 1.10 bits per heavy atom. The summed E-state index contributed by atoms with van der Waals surface area (Å²) in [5, 5.41) is 20.8. The second-order valence-corrected chi connectivity index (χ2v) is 4.79. The number of anilines is 1. The largest absolute Gasteiger partial charge is 0.618 e. The smallest absolute Gasteiger partial charge is 0.335 e. The first-order valence-electron chi connectivity index (χ1n) is 6.39. The number of hydrogen-bond donors (Lipinski definition) is 1. The standard InChI is InChI=1S/C16H16N2O3/c1-17(2)14-7-3-12(4-8-14)11-18(21)15-9-5-13(6-10-15)16(19)20/h3-11H,1-2H3,(H,19,20). The summed E-state index contributed by atoms with van der Waals surface area (Å²) >= 11 is 0. The van der Waals surface area contributed by atoms with Crippen molar-refractivity contribution in [3.8, 4) is 0 Å². The molecule has 0 aliphatic heterocycles. The zero-order chi connectivity index (χ0) is 15.4. The number of nitrogens with zero attached hydrogens (tertiary/aromatic N) is 2. The first kappa shape index (κ1) is 14.6. The molecule has 2 aromatic carbocycles. The van der Waals surface area contributed by atoms with Gasteiger partial charge in [0.2, 0.25) is 5.69 Å². The highest BCUT2D eigenvalue weighted by Crippen LogP contribution is 2.14. The quantitative estimate of drug-likeness (QED) is 0.406. The van der Waals surface area contributed by atoms with Crippen LogP contribution in [0.4, 0.5) is 11.4 Å². The van der Waals surface area contributed by atoms with Crippen molar-refractivity contribution >= 4 is 23.6 Å². The van der Waals surface area contributed by atoms with Crippen molar-refractivity contribution in [1.82, 2.24) is 0 Å². The number of carboxylic acid groups (broad SMARTS) is 1. The summed E-state index contributed by atoms with van der Waals surface area (Å²) in [5.41, 5.74) is 2.37. The Morgan fingerprint density at radius 3 is 2.14 bits per heavy atom. The summed E-state index contributed by atoms with van der Waals surface area (Å²) in [7, 11) is 3.89. The Morgan fingerprint density at radius 2 is 1.67 bits per heavy atom. The molecule has 0 amide bonds. The fourth-order valence-corrected chi connectivity index (χ4v) is 1.82. The molecular formula is C16H16N2O3. The van der Waals surface area contributed by atoms with Gasteiger partial charge in [-0.15, -0.1) is 0 Å². The molecule has 1 N–H and O–H groups in total. The van der Waals surface area contributed by atoms with E-state index in [1.807, 2.05) is 43.3 Å². The SMILES string of the molecule is CN(C)c1ccc(C=[N+]([O-])c2ccc(C(=O)O)cc2)cc1. The van der Waals surface area contributed by atoms with Gasteiger partial charge in [-0.1, -0.05) is 0 Å². The van der Waals surface area contributed by atoms with Crippen LogP contribution in [0.25, 0.3) is 0 Å². The molecule has 2 rings (SSSR count). The normalized spacial score (nSPS) is 11.2. The van der Waals surface area contributed by atoms with Crippen LogP contribution in [0, 0.1) is 5.21 Å². The summed E-state index contributed by atoms with van der Waals surface area (Å²) in [6.45, 7) is 0. The van der Waals surface area contributed by atoms with E-state index in [-0.39, 0.29) is 5.56 Å². The van der Waals surface area contributed by atoms with E-state index in [4.69, 9.17) is 5.11 Å². The van der Waals surface area contributed by atoms with Gasteiger partial charge in [-0.2, -0.15) is 4.74 Å². The summed E-state index contributed by atoms with van der Waals surface area (Å²) in [6.07, 6.45) is 1.45. The molecule has 0 atom stereocenters. The van der Waals surface area contributed by atoms with Crippen LogP contribution in [0.1, 0.15) is 15.9 Å². The van der Waals surface area contributed by atoms with Crippen LogP contribution in [-0.2, 0) is 0 Å². The van der Waals surface area contributed by atoms with Crippen molar-refractivity contribution in [1.29, 1.82) is 0 Å². The zero-order valence-corrected chi connectivity index (χ0v) is 11.9. The van der Waals surface area contributed by atoms with Gasteiger partial charge in [0, 0.05) is 37.5 Å². The molecule has 0 aliphatic rings. The number of carbonyl (C=O) groups is 1. The Hall–Kier alpha value is -2.82. The topological polar surface area (TPSA) is 66.6 Å². The van der Waals surface area contributed by atoms with E-state index in [0.717, 1.165) is 16.0 Å². The molecule has 0 heterocycles. The average molecular weight is 284 g/mol. The van der Waals surface area contributed by atoms with Crippen LogP contribution in [-0.4, -0.2) is 36.1 Å². The fourth-order valence-electron chi connectivity index (χ4n) is 1.82. The number of rotatable bonds is 4. The second-order valence-electron chi connectivity index (χ2n) is 4.79. The van der Waals surface area contributed by atoms with Crippen molar-refractivity contribution in [3.63, 3.8) is 0 Å². The molecule has 2 aromatic rings. The van der Waals surface area contributed by atoms with Crippen molar-refractivity contribution in [2.24, 2.45) is 0 Å². The number of aromatic carboxylic acids is 1. The van der Waals surface area contributed by atoms with Crippen molar-refractivity contribution in [3.05, 3.63) is 64.9 Å². The van der Waals surface area contributed by atoms with Crippen LogP contribution in [0.2, 0.25) is 0 Å². The zero-order valence-electron chi connectivity index (χ0n) is 11.9.